The van der Waals surface area contributed by atoms with Crippen molar-refractivity contribution >= 4 is 16.0 Å². The molecule has 1 aliphatic rings. The first-order chi connectivity index (χ1) is 9.64. The maximum atomic E-state index is 12.6. The molecule has 1 aromatic heterocycles. The number of rotatable bonds is 4. The Bertz CT molecular complexity index is 658. The second-order valence-corrected chi connectivity index (χ2v) is 6.88. The highest BCUT2D eigenvalue weighted by atomic mass is 32.2. The molecule has 0 bridgehead atoms. The fraction of sp³-hybridized carbons (Fsp3) is 0.636. The summed E-state index contributed by atoms with van der Waals surface area (Å²) in [5.74, 6) is -1.13. The van der Waals surface area contributed by atoms with Gasteiger partial charge in [0.05, 0.1) is 23.6 Å². The third-order valence-corrected chi connectivity index (χ3v) is 5.51. The average Bonchev–Trinajstić information content (AvgIpc) is 2.81. The minimum absolute atomic E-state index is 0.0787. The highest BCUT2D eigenvalue weighted by Gasteiger charge is 2.40. The summed E-state index contributed by atoms with van der Waals surface area (Å²) in [6.07, 6.45) is -2.26. The van der Waals surface area contributed by atoms with Gasteiger partial charge in [0, 0.05) is 13.1 Å². The van der Waals surface area contributed by atoms with Crippen molar-refractivity contribution in [2.45, 2.75) is 37.5 Å². The van der Waals surface area contributed by atoms with Crippen LogP contribution in [0.4, 0.5) is 0 Å². The normalized spacial score (nSPS) is 23.6. The number of β-amino-alcohol motifs (C(OH)–C–C–N with tert-alkyl or cyclic N) is 2. The summed E-state index contributed by atoms with van der Waals surface area (Å²) in [7, 11) is -3.94. The van der Waals surface area contributed by atoms with Crippen molar-refractivity contribution in [1.29, 1.82) is 0 Å². The summed E-state index contributed by atoms with van der Waals surface area (Å²) in [4.78, 5) is 10.7. The summed E-state index contributed by atoms with van der Waals surface area (Å²) in [5.41, 5.74) is 0.399. The topological polar surface area (TPSA) is 133 Å². The van der Waals surface area contributed by atoms with Gasteiger partial charge >= 0.3 is 5.97 Å². The van der Waals surface area contributed by atoms with Gasteiger partial charge in [-0.1, -0.05) is 0 Å². The van der Waals surface area contributed by atoms with E-state index in [-0.39, 0.29) is 29.4 Å². The lowest BCUT2D eigenvalue weighted by molar-refractivity contribution is -0.137. The van der Waals surface area contributed by atoms with Crippen LogP contribution in [0.5, 0.6) is 0 Å². The number of aromatic nitrogens is 2. The van der Waals surface area contributed by atoms with Crippen LogP contribution in [0.3, 0.4) is 0 Å². The van der Waals surface area contributed by atoms with Crippen molar-refractivity contribution in [3.8, 4) is 0 Å². The predicted molar refractivity (Wildman–Crippen MR) is 70.1 cm³/mol. The Hall–Kier alpha value is -1.49. The van der Waals surface area contributed by atoms with E-state index in [1.807, 2.05) is 0 Å². The van der Waals surface area contributed by atoms with Gasteiger partial charge in [0.1, 0.15) is 11.4 Å². The van der Waals surface area contributed by atoms with Crippen molar-refractivity contribution in [1.82, 2.24) is 14.1 Å². The Kier molecular flexibility index (Phi) is 4.06. The minimum atomic E-state index is -3.94. The standard InChI is InChI=1S/C11H17N3O6S/c1-6-11(7(2)14(12-6)5-10(17)18)21(19,20)13-3-8(15)9(16)4-13/h8-9,15-16H,3-5H2,1-2H3,(H,17,18). The number of carbonyl (C=O) groups is 1. The van der Waals surface area contributed by atoms with E-state index in [0.717, 1.165) is 8.99 Å². The van der Waals surface area contributed by atoms with E-state index in [2.05, 4.69) is 5.10 Å². The van der Waals surface area contributed by atoms with Gasteiger partial charge in [-0.25, -0.2) is 8.42 Å². The van der Waals surface area contributed by atoms with Crippen LogP contribution in [0.1, 0.15) is 11.4 Å². The Morgan fingerprint density at radius 2 is 1.81 bits per heavy atom. The molecule has 3 N–H and O–H groups in total. The summed E-state index contributed by atoms with van der Waals surface area (Å²) >= 11 is 0. The van der Waals surface area contributed by atoms with Gasteiger partial charge in [0.25, 0.3) is 0 Å². The molecule has 0 saturated carbocycles. The van der Waals surface area contributed by atoms with E-state index in [1.54, 1.807) is 0 Å². The molecular weight excluding hydrogens is 302 g/mol. The zero-order valence-corrected chi connectivity index (χ0v) is 12.4. The monoisotopic (exact) mass is 319 g/mol. The number of aryl methyl sites for hydroxylation is 1. The van der Waals surface area contributed by atoms with Crippen molar-refractivity contribution in [3.05, 3.63) is 11.4 Å². The Labute approximate surface area is 121 Å². The second kappa shape index (κ2) is 5.37. The smallest absolute Gasteiger partial charge is 0.325 e. The lowest BCUT2D eigenvalue weighted by atomic mass is 10.3. The van der Waals surface area contributed by atoms with Crippen LogP contribution >= 0.6 is 0 Å². The van der Waals surface area contributed by atoms with Gasteiger partial charge in [0.15, 0.2) is 0 Å². The highest BCUT2D eigenvalue weighted by molar-refractivity contribution is 7.89. The Morgan fingerprint density at radius 3 is 2.29 bits per heavy atom. The second-order valence-electron chi connectivity index (χ2n) is 5.01. The molecule has 1 fully saturated rings. The zero-order chi connectivity index (χ0) is 15.9. The summed E-state index contributed by atoms with van der Waals surface area (Å²) < 4.78 is 27.2. The van der Waals surface area contributed by atoms with Crippen LogP contribution in [0.15, 0.2) is 4.90 Å². The van der Waals surface area contributed by atoms with Crippen molar-refractivity contribution < 1.29 is 28.5 Å². The predicted octanol–water partition coefficient (Wildman–Crippen LogP) is -1.69. The molecule has 2 rings (SSSR count). The number of hydrogen-bond acceptors (Lipinski definition) is 6. The highest BCUT2D eigenvalue weighted by Crippen LogP contribution is 2.26. The number of hydrogen-bond donors (Lipinski definition) is 3. The molecule has 2 heterocycles. The molecule has 9 nitrogen and oxygen atoms in total. The van der Waals surface area contributed by atoms with E-state index in [9.17, 15) is 23.4 Å². The first kappa shape index (κ1) is 15.9. The van der Waals surface area contributed by atoms with E-state index in [1.165, 1.54) is 13.8 Å². The molecule has 118 valence electrons. The van der Waals surface area contributed by atoms with Crippen LogP contribution in [0.25, 0.3) is 0 Å². The zero-order valence-electron chi connectivity index (χ0n) is 11.6. The van der Waals surface area contributed by atoms with Crippen LogP contribution < -0.4 is 0 Å². The number of sulfonamides is 1. The summed E-state index contributed by atoms with van der Waals surface area (Å²) in [6.45, 7) is 2.10. The minimum Gasteiger partial charge on any atom is -0.480 e. The molecule has 2 atom stereocenters. The van der Waals surface area contributed by atoms with E-state index >= 15 is 0 Å². The van der Waals surface area contributed by atoms with Gasteiger partial charge in [-0.2, -0.15) is 9.40 Å². The number of carboxylic acids is 1. The third-order valence-electron chi connectivity index (χ3n) is 3.42. The van der Waals surface area contributed by atoms with Gasteiger partial charge in [0.2, 0.25) is 10.0 Å². The summed E-state index contributed by atoms with van der Waals surface area (Å²) in [6, 6.07) is 0. The molecule has 21 heavy (non-hydrogen) atoms. The maximum Gasteiger partial charge on any atom is 0.325 e. The van der Waals surface area contributed by atoms with Gasteiger partial charge < -0.3 is 15.3 Å². The molecule has 0 amide bonds. The molecule has 1 aliphatic heterocycles. The lowest BCUT2D eigenvalue weighted by Crippen LogP contribution is -2.30. The van der Waals surface area contributed by atoms with Crippen LogP contribution in [-0.4, -0.2) is 69.1 Å². The van der Waals surface area contributed by atoms with Crippen molar-refractivity contribution in [3.63, 3.8) is 0 Å². The fourth-order valence-corrected chi connectivity index (χ4v) is 4.25. The molecule has 1 aromatic rings. The first-order valence-electron chi connectivity index (χ1n) is 6.26. The third kappa shape index (κ3) is 2.79. The average molecular weight is 319 g/mol. The Balaban J connectivity index is 2.41. The molecule has 0 spiro atoms. The molecule has 0 aliphatic carbocycles. The quantitative estimate of drug-likeness (QED) is 0.603. The lowest BCUT2D eigenvalue weighted by Gasteiger charge is -2.15. The molecule has 2 unspecified atom stereocenters. The van der Waals surface area contributed by atoms with Gasteiger partial charge in [-0.15, -0.1) is 0 Å². The number of carboxylic acid groups (broad SMARTS) is 1. The van der Waals surface area contributed by atoms with E-state index in [0.29, 0.717) is 0 Å². The SMILES string of the molecule is Cc1nn(CC(=O)O)c(C)c1S(=O)(=O)N1CC(O)C(O)C1. The van der Waals surface area contributed by atoms with Crippen LogP contribution in [-0.2, 0) is 21.4 Å². The number of aliphatic hydroxyl groups is 2. The van der Waals surface area contributed by atoms with Crippen molar-refractivity contribution in [2.75, 3.05) is 13.1 Å². The molecule has 1 saturated heterocycles. The first-order valence-corrected chi connectivity index (χ1v) is 7.70. The number of aliphatic carboxylic acids is 1. The van der Waals surface area contributed by atoms with Crippen LogP contribution in [0.2, 0.25) is 0 Å². The number of nitrogens with zero attached hydrogens (tertiary/aromatic N) is 3. The van der Waals surface area contributed by atoms with Gasteiger partial charge in [-0.05, 0) is 13.8 Å². The van der Waals surface area contributed by atoms with Gasteiger partial charge in [-0.3, -0.25) is 9.48 Å². The molecule has 0 aromatic carbocycles. The largest absolute Gasteiger partial charge is 0.480 e. The molecule has 0 radical (unpaired) electrons. The number of aliphatic hydroxyl groups excluding tert-OH is 2. The fourth-order valence-electron chi connectivity index (χ4n) is 2.40. The van der Waals surface area contributed by atoms with Crippen LogP contribution in [0, 0.1) is 13.8 Å². The Morgan fingerprint density at radius 1 is 1.29 bits per heavy atom. The molecule has 10 heteroatoms. The molecular formula is C11H17N3O6S. The van der Waals surface area contributed by atoms with Crippen molar-refractivity contribution in [2.24, 2.45) is 0 Å². The summed E-state index contributed by atoms with van der Waals surface area (Å²) in [5, 5.41) is 31.7. The van der Waals surface area contributed by atoms with E-state index < -0.39 is 34.7 Å². The van der Waals surface area contributed by atoms with E-state index in [4.69, 9.17) is 5.11 Å². The maximum absolute atomic E-state index is 12.6.